The van der Waals surface area contributed by atoms with Gasteiger partial charge in [0.15, 0.2) is 0 Å². The summed E-state index contributed by atoms with van der Waals surface area (Å²) >= 11 is 0. The smallest absolute Gasteiger partial charge is 0.350 e. The average molecular weight is 366 g/mol. The number of nitrogens with zero attached hydrogens (tertiary/aromatic N) is 1. The molecule has 3 rings (SSSR count). The van der Waals surface area contributed by atoms with Crippen molar-refractivity contribution < 1.29 is 22.4 Å². The predicted octanol–water partition coefficient (Wildman–Crippen LogP) is 3.63. The Hall–Kier alpha value is -2.41. The van der Waals surface area contributed by atoms with Crippen LogP contribution < -0.4 is 5.32 Å². The highest BCUT2D eigenvalue weighted by Crippen LogP contribution is 2.29. The molecule has 0 spiro atoms. The van der Waals surface area contributed by atoms with Gasteiger partial charge in [0.1, 0.15) is 5.82 Å². The van der Waals surface area contributed by atoms with Crippen LogP contribution in [0.5, 0.6) is 0 Å². The number of hydrogen-bond acceptors (Lipinski definition) is 2. The Morgan fingerprint density at radius 1 is 1.15 bits per heavy atom. The van der Waals surface area contributed by atoms with Gasteiger partial charge in [-0.1, -0.05) is 6.07 Å². The molecule has 1 aliphatic heterocycles. The van der Waals surface area contributed by atoms with Crippen LogP contribution in [0.25, 0.3) is 0 Å². The predicted molar refractivity (Wildman–Crippen MR) is 89.1 cm³/mol. The van der Waals surface area contributed by atoms with Gasteiger partial charge in [-0.25, -0.2) is 4.39 Å². The van der Waals surface area contributed by atoms with E-state index in [1.807, 2.05) is 11.9 Å². The van der Waals surface area contributed by atoms with Gasteiger partial charge in [-0.15, -0.1) is 0 Å². The van der Waals surface area contributed by atoms with E-state index in [0.29, 0.717) is 19.5 Å². The first-order valence-electron chi connectivity index (χ1n) is 8.17. The highest BCUT2D eigenvalue weighted by Gasteiger charge is 2.30. The van der Waals surface area contributed by atoms with Crippen LogP contribution >= 0.6 is 0 Å². The van der Waals surface area contributed by atoms with E-state index in [1.165, 1.54) is 24.3 Å². The summed E-state index contributed by atoms with van der Waals surface area (Å²) in [7, 11) is 1.89. The van der Waals surface area contributed by atoms with E-state index in [-0.39, 0.29) is 17.4 Å². The summed E-state index contributed by atoms with van der Waals surface area (Å²) in [5.74, 6) is -0.691. The lowest BCUT2D eigenvalue weighted by atomic mass is 9.94. The Bertz CT molecular complexity index is 802. The number of hydrogen-bond donors (Lipinski definition) is 1. The third-order valence-corrected chi connectivity index (χ3v) is 4.64. The standard InChI is InChI=1S/C19H18F4N2O/c1-25-11-14-8-16(20)7-4-13(14)9-17(25)10-24-18(26)12-2-5-15(6-3-12)19(21,22)23/h2-8,17H,9-11H2,1H3,(H,24,26)/t17-/m0/s1. The summed E-state index contributed by atoms with van der Waals surface area (Å²) in [6.45, 7) is 0.932. The molecule has 1 aliphatic rings. The summed E-state index contributed by atoms with van der Waals surface area (Å²) in [6.07, 6.45) is -3.76. The summed E-state index contributed by atoms with van der Waals surface area (Å²) in [6, 6.07) is 8.85. The lowest BCUT2D eigenvalue weighted by Gasteiger charge is -2.34. The molecule has 1 amide bonds. The number of carbonyl (C=O) groups is 1. The van der Waals surface area contributed by atoms with Gasteiger partial charge in [-0.05, 0) is 61.0 Å². The SMILES string of the molecule is CN1Cc2cc(F)ccc2C[C@H]1CNC(=O)c1ccc(C(F)(F)F)cc1. The second-order valence-electron chi connectivity index (χ2n) is 6.47. The second-order valence-corrected chi connectivity index (χ2v) is 6.47. The number of fused-ring (bicyclic) bond motifs is 1. The van der Waals surface area contributed by atoms with Crippen molar-refractivity contribution in [2.24, 2.45) is 0 Å². The zero-order chi connectivity index (χ0) is 18.9. The molecule has 0 saturated heterocycles. The molecule has 1 heterocycles. The van der Waals surface area contributed by atoms with Crippen molar-refractivity contribution in [3.8, 4) is 0 Å². The van der Waals surface area contributed by atoms with Crippen LogP contribution in [0.15, 0.2) is 42.5 Å². The number of halogens is 4. The molecule has 1 N–H and O–H groups in total. The van der Waals surface area contributed by atoms with E-state index < -0.39 is 17.6 Å². The zero-order valence-corrected chi connectivity index (χ0v) is 14.1. The third kappa shape index (κ3) is 4.04. The first-order chi connectivity index (χ1) is 12.2. The zero-order valence-electron chi connectivity index (χ0n) is 14.1. The minimum atomic E-state index is -4.42. The molecule has 138 valence electrons. The van der Waals surface area contributed by atoms with Gasteiger partial charge in [-0.3, -0.25) is 9.69 Å². The van der Waals surface area contributed by atoms with Crippen molar-refractivity contribution in [2.75, 3.05) is 13.6 Å². The van der Waals surface area contributed by atoms with Crippen LogP contribution in [-0.4, -0.2) is 30.4 Å². The van der Waals surface area contributed by atoms with Gasteiger partial charge in [0.2, 0.25) is 0 Å². The monoisotopic (exact) mass is 366 g/mol. The molecular weight excluding hydrogens is 348 g/mol. The largest absolute Gasteiger partial charge is 0.416 e. The number of likely N-dealkylation sites (N-methyl/N-ethyl adjacent to an activating group) is 1. The van der Waals surface area contributed by atoms with Crippen LogP contribution in [-0.2, 0) is 19.1 Å². The van der Waals surface area contributed by atoms with Gasteiger partial charge in [-0.2, -0.15) is 13.2 Å². The highest BCUT2D eigenvalue weighted by molar-refractivity contribution is 5.94. The number of carbonyl (C=O) groups excluding carboxylic acids is 1. The fraction of sp³-hybridized carbons (Fsp3) is 0.316. The van der Waals surface area contributed by atoms with Gasteiger partial charge >= 0.3 is 6.18 Å². The molecule has 3 nitrogen and oxygen atoms in total. The molecule has 0 saturated carbocycles. The molecule has 0 fully saturated rings. The Morgan fingerprint density at radius 3 is 2.50 bits per heavy atom. The van der Waals surface area contributed by atoms with Crippen molar-refractivity contribution in [3.05, 3.63) is 70.5 Å². The molecule has 0 bridgehead atoms. The third-order valence-electron chi connectivity index (χ3n) is 4.64. The highest BCUT2D eigenvalue weighted by atomic mass is 19.4. The second kappa shape index (κ2) is 7.07. The summed E-state index contributed by atoms with van der Waals surface area (Å²) in [5.41, 5.74) is 1.36. The van der Waals surface area contributed by atoms with Crippen molar-refractivity contribution in [2.45, 2.75) is 25.2 Å². The molecule has 0 aliphatic carbocycles. The van der Waals surface area contributed by atoms with Crippen LogP contribution in [0.1, 0.15) is 27.0 Å². The molecule has 7 heteroatoms. The Morgan fingerprint density at radius 2 is 1.85 bits per heavy atom. The van der Waals surface area contributed by atoms with E-state index in [9.17, 15) is 22.4 Å². The normalized spacial score (nSPS) is 17.7. The molecule has 0 unspecified atom stereocenters. The molecule has 26 heavy (non-hydrogen) atoms. The molecule has 0 radical (unpaired) electrons. The molecule has 2 aromatic rings. The van der Waals surface area contributed by atoms with Gasteiger partial charge < -0.3 is 5.32 Å². The molecule has 2 aromatic carbocycles. The van der Waals surface area contributed by atoms with E-state index >= 15 is 0 Å². The number of nitrogens with one attached hydrogen (secondary N) is 1. The Labute approximate surface area is 148 Å². The number of rotatable bonds is 3. The van der Waals surface area contributed by atoms with Crippen LogP contribution in [0, 0.1) is 5.82 Å². The molecular formula is C19H18F4N2O. The minimum absolute atomic E-state index is 0.0337. The number of benzene rings is 2. The van der Waals surface area contributed by atoms with Crippen LogP contribution in [0.3, 0.4) is 0 Å². The van der Waals surface area contributed by atoms with Crippen molar-refractivity contribution >= 4 is 5.91 Å². The average Bonchev–Trinajstić information content (AvgIpc) is 2.59. The van der Waals surface area contributed by atoms with E-state index in [2.05, 4.69) is 5.32 Å². The number of alkyl halides is 3. The molecule has 0 aromatic heterocycles. The lowest BCUT2D eigenvalue weighted by Crippen LogP contribution is -2.45. The maximum absolute atomic E-state index is 13.3. The van der Waals surface area contributed by atoms with E-state index in [4.69, 9.17) is 0 Å². The summed E-state index contributed by atoms with van der Waals surface area (Å²) in [4.78, 5) is 14.2. The Balaban J connectivity index is 1.62. The number of amides is 1. The quantitative estimate of drug-likeness (QED) is 0.842. The first-order valence-corrected chi connectivity index (χ1v) is 8.17. The van der Waals surface area contributed by atoms with Crippen molar-refractivity contribution in [3.63, 3.8) is 0 Å². The topological polar surface area (TPSA) is 32.3 Å². The van der Waals surface area contributed by atoms with E-state index in [0.717, 1.165) is 23.3 Å². The van der Waals surface area contributed by atoms with Crippen LogP contribution in [0.2, 0.25) is 0 Å². The maximum Gasteiger partial charge on any atom is 0.416 e. The first kappa shape index (κ1) is 18.4. The molecule has 1 atom stereocenters. The van der Waals surface area contributed by atoms with Gasteiger partial charge in [0.25, 0.3) is 5.91 Å². The van der Waals surface area contributed by atoms with E-state index in [1.54, 1.807) is 6.07 Å². The fourth-order valence-electron chi connectivity index (χ4n) is 3.10. The maximum atomic E-state index is 13.3. The van der Waals surface area contributed by atoms with Gasteiger partial charge in [0.05, 0.1) is 5.56 Å². The fourth-order valence-corrected chi connectivity index (χ4v) is 3.10. The summed E-state index contributed by atoms with van der Waals surface area (Å²) < 4.78 is 51.0. The van der Waals surface area contributed by atoms with Crippen molar-refractivity contribution in [1.82, 2.24) is 10.2 Å². The van der Waals surface area contributed by atoms with Crippen LogP contribution in [0.4, 0.5) is 17.6 Å². The van der Waals surface area contributed by atoms with Gasteiger partial charge in [0, 0.05) is 24.7 Å². The summed E-state index contributed by atoms with van der Waals surface area (Å²) in [5, 5.41) is 2.76. The lowest BCUT2D eigenvalue weighted by molar-refractivity contribution is -0.137. The van der Waals surface area contributed by atoms with Crippen molar-refractivity contribution in [1.29, 1.82) is 0 Å². The minimum Gasteiger partial charge on any atom is -0.350 e. The Kier molecular flexibility index (Phi) is 5.00.